The molecule has 0 heterocycles. The second kappa shape index (κ2) is 7.97. The van der Waals surface area contributed by atoms with Crippen molar-refractivity contribution in [1.29, 1.82) is 0 Å². The average molecular weight is 296 g/mol. The highest BCUT2D eigenvalue weighted by Gasteiger charge is 2.37. The first-order valence-corrected chi connectivity index (χ1v) is 9.42. The Morgan fingerprint density at radius 2 is 1.67 bits per heavy atom. The van der Waals surface area contributed by atoms with Gasteiger partial charge in [-0.2, -0.15) is 0 Å². The molecular weight excluding hydrogens is 258 g/mol. The van der Waals surface area contributed by atoms with Gasteiger partial charge in [-0.05, 0) is 62.8 Å². The first-order chi connectivity index (χ1) is 9.99. The minimum atomic E-state index is -0.0900. The van der Waals surface area contributed by atoms with Gasteiger partial charge in [0.2, 0.25) is 0 Å². The smallest absolute Gasteiger partial charge is 0.0695 e. The van der Waals surface area contributed by atoms with Gasteiger partial charge >= 0.3 is 0 Å². The number of hydrogen-bond acceptors (Lipinski definition) is 2. The second-order valence-electron chi connectivity index (χ2n) is 8.31. The molecule has 2 nitrogen and oxygen atoms in total. The average Bonchev–Trinajstić information content (AvgIpc) is 2.94. The fraction of sp³-hybridized carbons (Fsp3) is 1.00. The third-order valence-electron chi connectivity index (χ3n) is 5.95. The molecule has 21 heavy (non-hydrogen) atoms. The predicted molar refractivity (Wildman–Crippen MR) is 90.4 cm³/mol. The molecule has 2 rings (SSSR count). The Bertz CT molecular complexity index is 296. The number of nitrogens with zero attached hydrogens (tertiary/aromatic N) is 1. The van der Waals surface area contributed by atoms with E-state index in [1.165, 1.54) is 51.5 Å². The number of hydrogen-bond donors (Lipinski definition) is 1. The van der Waals surface area contributed by atoms with E-state index >= 15 is 0 Å². The van der Waals surface area contributed by atoms with E-state index in [1.807, 2.05) is 0 Å². The third kappa shape index (κ3) is 4.69. The van der Waals surface area contributed by atoms with Gasteiger partial charge < -0.3 is 5.11 Å². The Morgan fingerprint density at radius 1 is 1.00 bits per heavy atom. The molecule has 0 aromatic heterocycles. The second-order valence-corrected chi connectivity index (χ2v) is 8.31. The fourth-order valence-corrected chi connectivity index (χ4v) is 4.39. The lowest BCUT2D eigenvalue weighted by molar-refractivity contribution is -0.0238. The Balaban J connectivity index is 2.05. The Labute approximate surface area is 132 Å². The lowest BCUT2D eigenvalue weighted by Crippen LogP contribution is -2.52. The SMILES string of the molecule is CC(C)CCN(C1CCCC1)C1CC(C(C)C)CCC1O. The van der Waals surface area contributed by atoms with Gasteiger partial charge in [0.05, 0.1) is 6.10 Å². The van der Waals surface area contributed by atoms with Crippen LogP contribution in [0.25, 0.3) is 0 Å². The highest BCUT2D eigenvalue weighted by molar-refractivity contribution is 4.92. The summed E-state index contributed by atoms with van der Waals surface area (Å²) in [5.41, 5.74) is 0. The lowest BCUT2D eigenvalue weighted by atomic mass is 9.77. The Hall–Kier alpha value is -0.0800. The van der Waals surface area contributed by atoms with Crippen LogP contribution < -0.4 is 0 Å². The van der Waals surface area contributed by atoms with Crippen LogP contribution in [0.4, 0.5) is 0 Å². The van der Waals surface area contributed by atoms with Crippen LogP contribution in [0.5, 0.6) is 0 Å². The van der Waals surface area contributed by atoms with Gasteiger partial charge in [0.25, 0.3) is 0 Å². The van der Waals surface area contributed by atoms with E-state index in [9.17, 15) is 5.11 Å². The summed E-state index contributed by atoms with van der Waals surface area (Å²) in [7, 11) is 0. The zero-order chi connectivity index (χ0) is 15.4. The maximum atomic E-state index is 10.6. The molecule has 2 fully saturated rings. The standard InChI is InChI=1S/C19H37NO/c1-14(2)11-12-20(17-7-5-6-8-17)18-13-16(15(3)4)9-10-19(18)21/h14-19,21H,5-13H2,1-4H3. The normalized spacial score (nSPS) is 31.7. The topological polar surface area (TPSA) is 23.5 Å². The number of aliphatic hydroxyl groups is 1. The van der Waals surface area contributed by atoms with Gasteiger partial charge in [0.15, 0.2) is 0 Å². The zero-order valence-corrected chi connectivity index (χ0v) is 14.7. The molecular formula is C19H37NO. The quantitative estimate of drug-likeness (QED) is 0.782. The minimum Gasteiger partial charge on any atom is -0.391 e. The summed E-state index contributed by atoms with van der Waals surface area (Å²) in [5, 5.41) is 10.6. The summed E-state index contributed by atoms with van der Waals surface area (Å²) in [6.07, 6.45) is 10.1. The van der Waals surface area contributed by atoms with Crippen molar-refractivity contribution < 1.29 is 5.11 Å². The van der Waals surface area contributed by atoms with Crippen LogP contribution in [-0.4, -0.2) is 34.7 Å². The van der Waals surface area contributed by atoms with Crippen molar-refractivity contribution in [3.05, 3.63) is 0 Å². The van der Waals surface area contributed by atoms with Crippen LogP contribution in [0.15, 0.2) is 0 Å². The van der Waals surface area contributed by atoms with Gasteiger partial charge in [-0.25, -0.2) is 0 Å². The van der Waals surface area contributed by atoms with Crippen molar-refractivity contribution in [2.24, 2.45) is 17.8 Å². The first kappa shape index (κ1) is 17.3. The molecule has 0 spiro atoms. The first-order valence-electron chi connectivity index (χ1n) is 9.42. The van der Waals surface area contributed by atoms with Gasteiger partial charge in [0.1, 0.15) is 0 Å². The molecule has 0 aliphatic heterocycles. The van der Waals surface area contributed by atoms with E-state index in [-0.39, 0.29) is 6.10 Å². The van der Waals surface area contributed by atoms with Crippen molar-refractivity contribution in [2.75, 3.05) is 6.54 Å². The van der Waals surface area contributed by atoms with Gasteiger partial charge in [0, 0.05) is 12.1 Å². The predicted octanol–water partition coefficient (Wildman–Crippen LogP) is 4.46. The van der Waals surface area contributed by atoms with E-state index < -0.39 is 0 Å². The summed E-state index contributed by atoms with van der Waals surface area (Å²) in [4.78, 5) is 2.73. The molecule has 1 N–H and O–H groups in total. The fourth-order valence-electron chi connectivity index (χ4n) is 4.39. The monoisotopic (exact) mass is 295 g/mol. The Kier molecular flexibility index (Phi) is 6.55. The van der Waals surface area contributed by atoms with Crippen molar-refractivity contribution in [2.45, 2.75) is 97.2 Å². The molecule has 2 saturated carbocycles. The Morgan fingerprint density at radius 3 is 2.24 bits per heavy atom. The summed E-state index contributed by atoms with van der Waals surface area (Å²) < 4.78 is 0. The lowest BCUT2D eigenvalue weighted by Gasteiger charge is -2.44. The van der Waals surface area contributed by atoms with Gasteiger partial charge in [-0.1, -0.05) is 40.5 Å². The molecule has 2 aliphatic carbocycles. The van der Waals surface area contributed by atoms with Crippen molar-refractivity contribution >= 4 is 0 Å². The summed E-state index contributed by atoms with van der Waals surface area (Å²) in [6.45, 7) is 10.5. The summed E-state index contributed by atoms with van der Waals surface area (Å²) >= 11 is 0. The molecule has 0 amide bonds. The van der Waals surface area contributed by atoms with E-state index in [0.717, 1.165) is 30.2 Å². The van der Waals surface area contributed by atoms with E-state index in [1.54, 1.807) is 0 Å². The minimum absolute atomic E-state index is 0.0900. The van der Waals surface area contributed by atoms with Crippen molar-refractivity contribution in [3.8, 4) is 0 Å². The third-order valence-corrected chi connectivity index (χ3v) is 5.95. The zero-order valence-electron chi connectivity index (χ0n) is 14.7. The van der Waals surface area contributed by atoms with Crippen LogP contribution >= 0.6 is 0 Å². The van der Waals surface area contributed by atoms with E-state index in [0.29, 0.717) is 6.04 Å². The maximum Gasteiger partial charge on any atom is 0.0695 e. The number of rotatable bonds is 6. The molecule has 2 aliphatic rings. The van der Waals surface area contributed by atoms with Gasteiger partial charge in [-0.15, -0.1) is 0 Å². The van der Waals surface area contributed by atoms with E-state index in [4.69, 9.17) is 0 Å². The molecule has 0 radical (unpaired) electrons. The molecule has 2 heteroatoms. The van der Waals surface area contributed by atoms with Crippen LogP contribution in [-0.2, 0) is 0 Å². The molecule has 3 atom stereocenters. The van der Waals surface area contributed by atoms with Crippen LogP contribution in [0.1, 0.15) is 79.1 Å². The van der Waals surface area contributed by atoms with Crippen molar-refractivity contribution in [1.82, 2.24) is 4.90 Å². The largest absolute Gasteiger partial charge is 0.391 e. The maximum absolute atomic E-state index is 10.6. The molecule has 3 unspecified atom stereocenters. The molecule has 0 bridgehead atoms. The highest BCUT2D eigenvalue weighted by atomic mass is 16.3. The van der Waals surface area contributed by atoms with Crippen molar-refractivity contribution in [3.63, 3.8) is 0 Å². The summed E-state index contributed by atoms with van der Waals surface area (Å²) in [5.74, 6) is 2.33. The molecule has 0 saturated heterocycles. The van der Waals surface area contributed by atoms with Gasteiger partial charge in [-0.3, -0.25) is 4.90 Å². The molecule has 124 valence electrons. The molecule has 0 aromatic carbocycles. The van der Waals surface area contributed by atoms with Crippen LogP contribution in [0.3, 0.4) is 0 Å². The van der Waals surface area contributed by atoms with Crippen LogP contribution in [0, 0.1) is 17.8 Å². The molecule has 0 aromatic rings. The number of aliphatic hydroxyl groups excluding tert-OH is 1. The van der Waals surface area contributed by atoms with Crippen LogP contribution in [0.2, 0.25) is 0 Å². The van der Waals surface area contributed by atoms with E-state index in [2.05, 4.69) is 32.6 Å². The summed E-state index contributed by atoms with van der Waals surface area (Å²) in [6, 6.07) is 1.17. The highest BCUT2D eigenvalue weighted by Crippen LogP contribution is 2.36.